The molecule has 0 N–H and O–H groups in total. The molecule has 0 amide bonds. The van der Waals surface area contributed by atoms with Gasteiger partial charge in [0.05, 0.1) is 19.8 Å². The highest BCUT2D eigenvalue weighted by molar-refractivity contribution is 6.01. The number of carbonyl (C=O) groups is 2. The fraction of sp³-hybridized carbons (Fsp3) is 0.238. The first-order chi connectivity index (χ1) is 13.6. The molecule has 3 rings (SSSR count). The van der Waals surface area contributed by atoms with E-state index in [9.17, 15) is 9.59 Å². The second-order valence-electron chi connectivity index (χ2n) is 5.81. The summed E-state index contributed by atoms with van der Waals surface area (Å²) in [7, 11) is 3.00. The van der Waals surface area contributed by atoms with E-state index in [-0.39, 0.29) is 12.4 Å². The summed E-state index contributed by atoms with van der Waals surface area (Å²) in [6.07, 6.45) is 2.79. The number of methoxy groups -OCH3 is 2. The first kappa shape index (κ1) is 19.3. The predicted octanol–water partition coefficient (Wildman–Crippen LogP) is 2.91. The van der Waals surface area contributed by atoms with Crippen LogP contribution in [-0.4, -0.2) is 45.8 Å². The average molecular weight is 384 g/mol. The number of ether oxygens (including phenoxy) is 5. The van der Waals surface area contributed by atoms with Gasteiger partial charge in [-0.15, -0.1) is 0 Å². The molecule has 146 valence electrons. The van der Waals surface area contributed by atoms with Crippen LogP contribution in [0.5, 0.6) is 23.0 Å². The standard InChI is InChI=1S/C21H20O7/c1-24-17-6-4-3-5-15(17)16(22)13-28-20(23)8-7-14-11-18(25-2)21-19(12-14)26-9-10-27-21/h3-8,11-12H,9-10,13H2,1-2H3/b8-7+. The second-order valence-corrected chi connectivity index (χ2v) is 5.81. The smallest absolute Gasteiger partial charge is 0.331 e. The third-order valence-electron chi connectivity index (χ3n) is 4.02. The maximum absolute atomic E-state index is 12.2. The number of carbonyl (C=O) groups excluding carboxylic acids is 2. The van der Waals surface area contributed by atoms with Crippen molar-refractivity contribution in [1.29, 1.82) is 0 Å². The van der Waals surface area contributed by atoms with Crippen molar-refractivity contribution in [3.63, 3.8) is 0 Å². The Morgan fingerprint density at radius 3 is 2.57 bits per heavy atom. The van der Waals surface area contributed by atoms with Gasteiger partial charge >= 0.3 is 5.97 Å². The normalized spacial score (nSPS) is 12.5. The Balaban J connectivity index is 1.63. The van der Waals surface area contributed by atoms with Crippen molar-refractivity contribution in [1.82, 2.24) is 0 Å². The zero-order chi connectivity index (χ0) is 19.9. The van der Waals surface area contributed by atoms with E-state index in [0.29, 0.717) is 47.3 Å². The van der Waals surface area contributed by atoms with Crippen molar-refractivity contribution in [2.24, 2.45) is 0 Å². The molecule has 0 fully saturated rings. The number of rotatable bonds is 7. The molecule has 28 heavy (non-hydrogen) atoms. The van der Waals surface area contributed by atoms with Gasteiger partial charge in [-0.2, -0.15) is 0 Å². The van der Waals surface area contributed by atoms with Crippen LogP contribution in [0.4, 0.5) is 0 Å². The summed E-state index contributed by atoms with van der Waals surface area (Å²) < 4.78 is 26.6. The minimum absolute atomic E-state index is 0.347. The van der Waals surface area contributed by atoms with Crippen molar-refractivity contribution in [3.8, 4) is 23.0 Å². The van der Waals surface area contributed by atoms with Crippen LogP contribution in [0.3, 0.4) is 0 Å². The fourth-order valence-electron chi connectivity index (χ4n) is 2.69. The van der Waals surface area contributed by atoms with E-state index in [1.54, 1.807) is 42.5 Å². The van der Waals surface area contributed by atoms with Crippen molar-refractivity contribution in [3.05, 3.63) is 53.6 Å². The molecule has 0 atom stereocenters. The van der Waals surface area contributed by atoms with Crippen LogP contribution in [0.15, 0.2) is 42.5 Å². The van der Waals surface area contributed by atoms with Crippen LogP contribution in [-0.2, 0) is 9.53 Å². The van der Waals surface area contributed by atoms with Gasteiger partial charge in [0.2, 0.25) is 11.5 Å². The van der Waals surface area contributed by atoms with Crippen molar-refractivity contribution in [2.45, 2.75) is 0 Å². The van der Waals surface area contributed by atoms with E-state index in [1.165, 1.54) is 20.3 Å². The Bertz CT molecular complexity index is 884. The summed E-state index contributed by atoms with van der Waals surface area (Å²) in [4.78, 5) is 24.2. The summed E-state index contributed by atoms with van der Waals surface area (Å²) in [5.41, 5.74) is 1.03. The highest BCUT2D eigenvalue weighted by atomic mass is 16.6. The lowest BCUT2D eigenvalue weighted by Gasteiger charge is -2.20. The Labute approximate surface area is 162 Å². The number of para-hydroxylation sites is 1. The largest absolute Gasteiger partial charge is 0.496 e. The second kappa shape index (κ2) is 8.94. The molecular weight excluding hydrogens is 364 g/mol. The number of Topliss-reactive ketones (excluding diaryl/α,β-unsaturated/α-hetero) is 1. The van der Waals surface area contributed by atoms with E-state index >= 15 is 0 Å². The van der Waals surface area contributed by atoms with E-state index in [0.717, 1.165) is 0 Å². The molecule has 0 saturated heterocycles. The molecule has 7 heteroatoms. The Morgan fingerprint density at radius 2 is 1.79 bits per heavy atom. The number of ketones is 1. The van der Waals surface area contributed by atoms with E-state index in [1.807, 2.05) is 0 Å². The third-order valence-corrected chi connectivity index (χ3v) is 4.02. The average Bonchev–Trinajstić information content (AvgIpc) is 2.75. The number of hydrogen-bond donors (Lipinski definition) is 0. The number of esters is 1. The van der Waals surface area contributed by atoms with Crippen LogP contribution >= 0.6 is 0 Å². The summed E-state index contributed by atoms with van der Waals surface area (Å²) in [5.74, 6) is 1.04. The molecular formula is C21H20O7. The molecule has 0 bridgehead atoms. The van der Waals surface area contributed by atoms with Crippen molar-refractivity contribution >= 4 is 17.8 Å². The van der Waals surface area contributed by atoms with Gasteiger partial charge in [-0.3, -0.25) is 4.79 Å². The minimum Gasteiger partial charge on any atom is -0.496 e. The van der Waals surface area contributed by atoms with Gasteiger partial charge in [0.15, 0.2) is 18.1 Å². The van der Waals surface area contributed by atoms with Gasteiger partial charge in [-0.1, -0.05) is 12.1 Å². The van der Waals surface area contributed by atoms with Gasteiger partial charge in [0, 0.05) is 6.08 Å². The van der Waals surface area contributed by atoms with Crippen LogP contribution in [0, 0.1) is 0 Å². The summed E-state index contributed by atoms with van der Waals surface area (Å²) in [6, 6.07) is 10.2. The molecule has 0 aromatic heterocycles. The maximum Gasteiger partial charge on any atom is 0.331 e. The predicted molar refractivity (Wildman–Crippen MR) is 101 cm³/mol. The molecule has 7 nitrogen and oxygen atoms in total. The van der Waals surface area contributed by atoms with E-state index in [2.05, 4.69) is 0 Å². The van der Waals surface area contributed by atoms with E-state index < -0.39 is 5.97 Å². The van der Waals surface area contributed by atoms with Crippen molar-refractivity contribution in [2.75, 3.05) is 34.0 Å². The fourth-order valence-corrected chi connectivity index (χ4v) is 2.69. The highest BCUT2D eigenvalue weighted by Crippen LogP contribution is 2.40. The number of benzene rings is 2. The van der Waals surface area contributed by atoms with Gasteiger partial charge in [0.25, 0.3) is 0 Å². The van der Waals surface area contributed by atoms with Crippen LogP contribution in [0.1, 0.15) is 15.9 Å². The lowest BCUT2D eigenvalue weighted by molar-refractivity contribution is -0.136. The molecule has 0 unspecified atom stereocenters. The summed E-state index contributed by atoms with van der Waals surface area (Å²) in [5, 5.41) is 0. The molecule has 2 aromatic rings. The molecule has 0 radical (unpaired) electrons. The van der Waals surface area contributed by atoms with Gasteiger partial charge in [-0.05, 0) is 35.9 Å². The van der Waals surface area contributed by atoms with Crippen molar-refractivity contribution < 1.29 is 33.3 Å². The minimum atomic E-state index is -0.642. The zero-order valence-corrected chi connectivity index (χ0v) is 15.6. The molecule has 0 saturated carbocycles. The molecule has 1 aliphatic heterocycles. The molecule has 1 aliphatic rings. The highest BCUT2D eigenvalue weighted by Gasteiger charge is 2.18. The first-order valence-corrected chi connectivity index (χ1v) is 8.61. The van der Waals surface area contributed by atoms with Crippen LogP contribution in [0.25, 0.3) is 6.08 Å². The SMILES string of the molecule is COc1ccccc1C(=O)COC(=O)/C=C/c1cc(OC)c2c(c1)OCCO2. The lowest BCUT2D eigenvalue weighted by atomic mass is 10.1. The topological polar surface area (TPSA) is 80.3 Å². The summed E-state index contributed by atoms with van der Waals surface area (Å²) in [6.45, 7) is 0.509. The van der Waals surface area contributed by atoms with Gasteiger partial charge in [-0.25, -0.2) is 4.79 Å². The molecule has 0 aliphatic carbocycles. The lowest BCUT2D eigenvalue weighted by Crippen LogP contribution is -2.16. The number of fused-ring (bicyclic) bond motifs is 1. The van der Waals surface area contributed by atoms with Gasteiger partial charge < -0.3 is 23.7 Å². The van der Waals surface area contributed by atoms with Crippen LogP contribution < -0.4 is 18.9 Å². The molecule has 1 heterocycles. The van der Waals surface area contributed by atoms with Gasteiger partial charge in [0.1, 0.15) is 19.0 Å². The van der Waals surface area contributed by atoms with Crippen LogP contribution in [0.2, 0.25) is 0 Å². The Hall–Kier alpha value is -3.48. The monoisotopic (exact) mass is 384 g/mol. The maximum atomic E-state index is 12.2. The zero-order valence-electron chi connectivity index (χ0n) is 15.6. The molecule has 0 spiro atoms. The summed E-state index contributed by atoms with van der Waals surface area (Å²) >= 11 is 0. The van der Waals surface area contributed by atoms with E-state index in [4.69, 9.17) is 23.7 Å². The third kappa shape index (κ3) is 4.43. The Kier molecular flexibility index (Phi) is 6.16. The molecule has 2 aromatic carbocycles. The number of hydrogen-bond acceptors (Lipinski definition) is 7. The first-order valence-electron chi connectivity index (χ1n) is 8.61. The Morgan fingerprint density at radius 1 is 1.04 bits per heavy atom. The quantitative estimate of drug-likeness (QED) is 0.412.